The Hall–Kier alpha value is -3.27. The maximum absolute atomic E-state index is 13.0. The highest BCUT2D eigenvalue weighted by molar-refractivity contribution is 6.07. The minimum Gasteiger partial charge on any atom is -0.267 e. The third-order valence-electron chi connectivity index (χ3n) is 6.07. The van der Waals surface area contributed by atoms with E-state index < -0.39 is 0 Å². The van der Waals surface area contributed by atoms with Crippen LogP contribution >= 0.6 is 0 Å². The zero-order valence-electron chi connectivity index (χ0n) is 16.4. The van der Waals surface area contributed by atoms with E-state index in [0.717, 1.165) is 28.6 Å². The molecule has 0 unspecified atom stereocenters. The van der Waals surface area contributed by atoms with E-state index in [9.17, 15) is 4.79 Å². The number of aryl methyl sites for hydroxylation is 1. The molecule has 0 saturated heterocycles. The second-order valence-corrected chi connectivity index (χ2v) is 8.10. The minimum atomic E-state index is -0.202. The fourth-order valence-electron chi connectivity index (χ4n) is 4.48. The van der Waals surface area contributed by atoms with Crippen molar-refractivity contribution in [3.8, 4) is 11.3 Å². The number of hydrogen-bond donors (Lipinski definition) is 1. The van der Waals surface area contributed by atoms with Crippen LogP contribution in [0.2, 0.25) is 0 Å². The lowest BCUT2D eigenvalue weighted by atomic mass is 9.95. The summed E-state index contributed by atoms with van der Waals surface area (Å²) < 4.78 is 0. The van der Waals surface area contributed by atoms with Gasteiger partial charge in [-0.1, -0.05) is 60.2 Å². The molecule has 2 aromatic carbocycles. The average Bonchev–Trinajstić information content (AvgIpc) is 3.37. The van der Waals surface area contributed by atoms with Crippen LogP contribution in [0.5, 0.6) is 0 Å². The van der Waals surface area contributed by atoms with Crippen LogP contribution in [0, 0.1) is 24.7 Å². The molecule has 3 atom stereocenters. The number of para-hydroxylation sites is 1. The van der Waals surface area contributed by atoms with Crippen LogP contribution in [0.3, 0.4) is 0 Å². The lowest BCUT2D eigenvalue weighted by molar-refractivity contribution is 0.0956. The molecule has 1 fully saturated rings. The summed E-state index contributed by atoms with van der Waals surface area (Å²) in [7, 11) is 0. The van der Waals surface area contributed by atoms with Gasteiger partial charge in [-0.15, -0.1) is 0 Å². The number of hydrazone groups is 1. The molecule has 4 nitrogen and oxygen atoms in total. The van der Waals surface area contributed by atoms with Crippen molar-refractivity contribution >= 4 is 23.0 Å². The zero-order chi connectivity index (χ0) is 19.8. The quantitative estimate of drug-likeness (QED) is 0.387. The number of rotatable bonds is 4. The van der Waals surface area contributed by atoms with Crippen LogP contribution in [0.15, 0.2) is 71.9 Å². The molecule has 3 aromatic rings. The van der Waals surface area contributed by atoms with Gasteiger partial charge < -0.3 is 0 Å². The Bertz CT molecular complexity index is 1130. The number of allylic oxidation sites excluding steroid dienone is 2. The topological polar surface area (TPSA) is 54.4 Å². The van der Waals surface area contributed by atoms with Crippen LogP contribution in [0.4, 0.5) is 0 Å². The Kier molecular flexibility index (Phi) is 4.47. The summed E-state index contributed by atoms with van der Waals surface area (Å²) in [6.45, 7) is 2.06. The van der Waals surface area contributed by atoms with Crippen LogP contribution < -0.4 is 5.43 Å². The van der Waals surface area contributed by atoms with Crippen LogP contribution in [0.25, 0.3) is 22.2 Å². The van der Waals surface area contributed by atoms with Crippen molar-refractivity contribution in [2.45, 2.75) is 19.8 Å². The molecule has 0 spiro atoms. The van der Waals surface area contributed by atoms with Crippen molar-refractivity contribution in [3.05, 3.63) is 77.9 Å². The maximum atomic E-state index is 13.0. The summed E-state index contributed by atoms with van der Waals surface area (Å²) in [6, 6.07) is 17.8. The van der Waals surface area contributed by atoms with Crippen LogP contribution in [0.1, 0.15) is 28.8 Å². The lowest BCUT2D eigenvalue weighted by Gasteiger charge is -2.12. The van der Waals surface area contributed by atoms with E-state index in [4.69, 9.17) is 4.98 Å². The van der Waals surface area contributed by atoms with Gasteiger partial charge in [-0.3, -0.25) is 4.79 Å². The van der Waals surface area contributed by atoms with E-state index >= 15 is 0 Å². The molecule has 2 aliphatic rings. The number of hydrogen-bond acceptors (Lipinski definition) is 3. The smallest absolute Gasteiger partial charge is 0.267 e. The Morgan fingerprint density at radius 1 is 1.10 bits per heavy atom. The summed E-state index contributed by atoms with van der Waals surface area (Å²) in [5.41, 5.74) is 7.11. The average molecular weight is 381 g/mol. The SMILES string of the molecule is Cc1ccc(-c2cc(C(=O)N/N=C\[C@@H]3C[C@H]4C=C[C@H]3C4)c3ccccc3n2)cc1. The molecule has 4 heteroatoms. The van der Waals surface area contributed by atoms with E-state index in [0.29, 0.717) is 23.3 Å². The summed E-state index contributed by atoms with van der Waals surface area (Å²) in [6.07, 6.45) is 8.87. The summed E-state index contributed by atoms with van der Waals surface area (Å²) >= 11 is 0. The third-order valence-corrected chi connectivity index (χ3v) is 6.07. The monoisotopic (exact) mass is 381 g/mol. The highest BCUT2D eigenvalue weighted by Gasteiger charge is 2.34. The molecule has 1 heterocycles. The van der Waals surface area contributed by atoms with Gasteiger partial charge in [0.25, 0.3) is 5.91 Å². The summed E-state index contributed by atoms with van der Waals surface area (Å²) in [5, 5.41) is 5.12. The second kappa shape index (κ2) is 7.28. The molecule has 0 radical (unpaired) electrons. The fourth-order valence-corrected chi connectivity index (χ4v) is 4.48. The molecule has 1 amide bonds. The van der Waals surface area contributed by atoms with Gasteiger partial charge in [0.15, 0.2) is 0 Å². The van der Waals surface area contributed by atoms with Crippen molar-refractivity contribution in [3.63, 3.8) is 0 Å². The van der Waals surface area contributed by atoms with Gasteiger partial charge in [-0.2, -0.15) is 5.10 Å². The summed E-state index contributed by atoms with van der Waals surface area (Å²) in [5.74, 6) is 1.50. The van der Waals surface area contributed by atoms with Crippen LogP contribution in [-0.2, 0) is 0 Å². The Morgan fingerprint density at radius 3 is 2.69 bits per heavy atom. The van der Waals surface area contributed by atoms with E-state index in [2.05, 4.69) is 41.7 Å². The van der Waals surface area contributed by atoms with Gasteiger partial charge in [0.05, 0.1) is 16.8 Å². The molecular formula is C25H23N3O. The first-order valence-corrected chi connectivity index (χ1v) is 10.2. The van der Waals surface area contributed by atoms with E-state index in [1.807, 2.05) is 48.7 Å². The molecule has 1 aromatic heterocycles. The standard InChI is InChI=1S/C25H23N3O/c1-16-6-9-18(10-7-16)24-14-22(21-4-2-3-5-23(21)27-24)25(29)28-26-15-20-13-17-8-11-19(20)12-17/h2-11,14-15,17,19-20H,12-13H2,1H3,(H,28,29)/b26-15-/t17-,19-,20-/m0/s1. The number of aromatic nitrogens is 1. The van der Waals surface area contributed by atoms with Crippen LogP contribution in [-0.4, -0.2) is 17.1 Å². The van der Waals surface area contributed by atoms with Crippen molar-refractivity contribution in [2.24, 2.45) is 22.9 Å². The van der Waals surface area contributed by atoms with Gasteiger partial charge in [-0.25, -0.2) is 10.4 Å². The number of carbonyl (C=O) groups excluding carboxylic acids is 1. The van der Waals surface area contributed by atoms with E-state index in [1.165, 1.54) is 12.0 Å². The molecule has 29 heavy (non-hydrogen) atoms. The molecule has 2 aliphatic carbocycles. The molecular weight excluding hydrogens is 358 g/mol. The highest BCUT2D eigenvalue weighted by Crippen LogP contribution is 2.42. The van der Waals surface area contributed by atoms with Gasteiger partial charge in [0.1, 0.15) is 0 Å². The molecule has 5 rings (SSSR count). The number of benzene rings is 2. The molecule has 2 bridgehead atoms. The first kappa shape index (κ1) is 17.8. The number of nitrogens with zero attached hydrogens (tertiary/aromatic N) is 2. The van der Waals surface area contributed by atoms with Gasteiger partial charge in [0.2, 0.25) is 0 Å². The van der Waals surface area contributed by atoms with Crippen molar-refractivity contribution in [1.29, 1.82) is 0 Å². The number of carbonyl (C=O) groups is 1. The van der Waals surface area contributed by atoms with Gasteiger partial charge in [0, 0.05) is 23.1 Å². The second-order valence-electron chi connectivity index (χ2n) is 8.10. The number of nitrogens with one attached hydrogen (secondary N) is 1. The first-order valence-electron chi connectivity index (χ1n) is 10.2. The zero-order valence-corrected chi connectivity index (χ0v) is 16.4. The number of amides is 1. The van der Waals surface area contributed by atoms with Crippen molar-refractivity contribution < 1.29 is 4.79 Å². The van der Waals surface area contributed by atoms with Gasteiger partial charge in [-0.05, 0) is 43.7 Å². The Morgan fingerprint density at radius 2 is 1.93 bits per heavy atom. The minimum absolute atomic E-state index is 0.202. The highest BCUT2D eigenvalue weighted by atomic mass is 16.2. The van der Waals surface area contributed by atoms with E-state index in [-0.39, 0.29) is 5.91 Å². The predicted octanol–water partition coefficient (Wildman–Crippen LogP) is 5.14. The van der Waals surface area contributed by atoms with Crippen molar-refractivity contribution in [1.82, 2.24) is 10.4 Å². The summed E-state index contributed by atoms with van der Waals surface area (Å²) in [4.78, 5) is 17.7. The predicted molar refractivity (Wildman–Crippen MR) is 117 cm³/mol. The van der Waals surface area contributed by atoms with E-state index in [1.54, 1.807) is 0 Å². The molecule has 0 aliphatic heterocycles. The Labute approximate surface area is 170 Å². The first-order chi connectivity index (χ1) is 14.2. The van der Waals surface area contributed by atoms with Gasteiger partial charge >= 0.3 is 0 Å². The lowest BCUT2D eigenvalue weighted by Crippen LogP contribution is -2.20. The number of fused-ring (bicyclic) bond motifs is 3. The van der Waals surface area contributed by atoms with Crippen molar-refractivity contribution in [2.75, 3.05) is 0 Å². The largest absolute Gasteiger partial charge is 0.272 e. The Balaban J connectivity index is 1.44. The molecule has 1 saturated carbocycles. The molecule has 1 N–H and O–H groups in total. The number of pyridine rings is 1. The maximum Gasteiger partial charge on any atom is 0.272 e. The normalized spacial score (nSPS) is 22.6. The fraction of sp³-hybridized carbons (Fsp3) is 0.240. The molecule has 144 valence electrons. The third kappa shape index (κ3) is 3.46.